The molecule has 3 rings (SSSR count). The summed E-state index contributed by atoms with van der Waals surface area (Å²) in [6, 6.07) is 10.2. The molecular formula is C19H18N4O4S. The summed E-state index contributed by atoms with van der Waals surface area (Å²) in [5.41, 5.74) is 0.601. The molecule has 0 spiro atoms. The Hall–Kier alpha value is -3.46. The first-order valence-electron chi connectivity index (χ1n) is 8.52. The number of benzene rings is 1. The van der Waals surface area contributed by atoms with Crippen molar-refractivity contribution >= 4 is 34.0 Å². The molecule has 2 heterocycles. The number of ether oxygens (including phenoxy) is 1. The van der Waals surface area contributed by atoms with Crippen molar-refractivity contribution in [1.82, 2.24) is 9.97 Å². The molecule has 144 valence electrons. The van der Waals surface area contributed by atoms with Crippen molar-refractivity contribution in [3.8, 4) is 5.75 Å². The number of rotatable bonds is 7. The highest BCUT2D eigenvalue weighted by Crippen LogP contribution is 2.24. The van der Waals surface area contributed by atoms with Gasteiger partial charge in [0.25, 0.3) is 11.5 Å². The van der Waals surface area contributed by atoms with Crippen LogP contribution in [0.2, 0.25) is 0 Å². The monoisotopic (exact) mass is 398 g/mol. The van der Waals surface area contributed by atoms with Crippen LogP contribution >= 0.6 is 11.3 Å². The SMILES string of the molecule is CCOc1ccccc1NC(=O)Cc1csc(NC(=O)c2ccc[nH]c2=O)n1. The van der Waals surface area contributed by atoms with Crippen molar-refractivity contribution in [2.45, 2.75) is 13.3 Å². The largest absolute Gasteiger partial charge is 0.492 e. The van der Waals surface area contributed by atoms with Gasteiger partial charge in [-0.3, -0.25) is 19.7 Å². The first kappa shape index (κ1) is 19.3. The van der Waals surface area contributed by atoms with Crippen LogP contribution in [0.4, 0.5) is 10.8 Å². The maximum absolute atomic E-state index is 12.3. The highest BCUT2D eigenvalue weighted by Gasteiger charge is 2.14. The third kappa shape index (κ3) is 4.83. The third-order valence-electron chi connectivity index (χ3n) is 3.64. The van der Waals surface area contributed by atoms with E-state index >= 15 is 0 Å². The summed E-state index contributed by atoms with van der Waals surface area (Å²) in [6.07, 6.45) is 1.49. The van der Waals surface area contributed by atoms with Crippen molar-refractivity contribution in [2.24, 2.45) is 0 Å². The fourth-order valence-electron chi connectivity index (χ4n) is 2.42. The number of nitrogens with one attached hydrogen (secondary N) is 3. The smallest absolute Gasteiger partial charge is 0.263 e. The van der Waals surface area contributed by atoms with Gasteiger partial charge in [0.1, 0.15) is 11.3 Å². The summed E-state index contributed by atoms with van der Waals surface area (Å²) in [5.74, 6) is -0.217. The summed E-state index contributed by atoms with van der Waals surface area (Å²) in [4.78, 5) is 42.8. The maximum Gasteiger partial charge on any atom is 0.263 e. The van der Waals surface area contributed by atoms with Gasteiger partial charge in [0.2, 0.25) is 5.91 Å². The summed E-state index contributed by atoms with van der Waals surface area (Å²) in [5, 5.41) is 7.35. The van der Waals surface area contributed by atoms with Gasteiger partial charge < -0.3 is 15.0 Å². The fraction of sp³-hybridized carbons (Fsp3) is 0.158. The lowest BCUT2D eigenvalue weighted by Crippen LogP contribution is -2.22. The van der Waals surface area contributed by atoms with Crippen molar-refractivity contribution in [2.75, 3.05) is 17.2 Å². The summed E-state index contributed by atoms with van der Waals surface area (Å²) < 4.78 is 5.48. The number of pyridine rings is 1. The number of anilines is 2. The Kier molecular flexibility index (Phi) is 6.18. The number of H-pyrrole nitrogens is 1. The molecule has 3 aromatic rings. The van der Waals surface area contributed by atoms with Crippen LogP contribution in [0.1, 0.15) is 23.0 Å². The predicted molar refractivity (Wildman–Crippen MR) is 107 cm³/mol. The van der Waals surface area contributed by atoms with E-state index in [0.717, 1.165) is 0 Å². The number of hydrogen-bond donors (Lipinski definition) is 3. The molecular weight excluding hydrogens is 380 g/mol. The van der Waals surface area contributed by atoms with Gasteiger partial charge >= 0.3 is 0 Å². The zero-order chi connectivity index (χ0) is 19.9. The molecule has 0 radical (unpaired) electrons. The zero-order valence-electron chi connectivity index (χ0n) is 15.0. The molecule has 9 heteroatoms. The van der Waals surface area contributed by atoms with Gasteiger partial charge in [-0.05, 0) is 31.2 Å². The third-order valence-corrected chi connectivity index (χ3v) is 4.44. The fourth-order valence-corrected chi connectivity index (χ4v) is 3.13. The predicted octanol–water partition coefficient (Wildman–Crippen LogP) is 2.66. The van der Waals surface area contributed by atoms with Gasteiger partial charge in [0, 0.05) is 11.6 Å². The summed E-state index contributed by atoms with van der Waals surface area (Å²) >= 11 is 1.18. The normalized spacial score (nSPS) is 10.3. The second-order valence-corrected chi connectivity index (χ2v) is 6.52. The molecule has 0 atom stereocenters. The van der Waals surface area contributed by atoms with E-state index in [1.807, 2.05) is 13.0 Å². The molecule has 28 heavy (non-hydrogen) atoms. The molecule has 0 aliphatic heterocycles. The Morgan fingerprint density at radius 2 is 2.00 bits per heavy atom. The number of carbonyl (C=O) groups is 2. The van der Waals surface area contributed by atoms with E-state index in [1.165, 1.54) is 23.6 Å². The van der Waals surface area contributed by atoms with Gasteiger partial charge in [-0.15, -0.1) is 11.3 Å². The lowest BCUT2D eigenvalue weighted by molar-refractivity contribution is -0.115. The van der Waals surface area contributed by atoms with Gasteiger partial charge in [0.05, 0.1) is 24.4 Å². The van der Waals surface area contributed by atoms with Gasteiger partial charge in [-0.2, -0.15) is 0 Å². The molecule has 0 saturated heterocycles. The minimum Gasteiger partial charge on any atom is -0.492 e. The average molecular weight is 398 g/mol. The minimum atomic E-state index is -0.558. The van der Waals surface area contributed by atoms with E-state index < -0.39 is 11.5 Å². The van der Waals surface area contributed by atoms with E-state index in [-0.39, 0.29) is 17.9 Å². The van der Waals surface area contributed by atoms with Crippen LogP contribution in [0, 0.1) is 0 Å². The number of amides is 2. The second-order valence-electron chi connectivity index (χ2n) is 5.67. The number of thiazole rings is 1. The number of hydrogen-bond acceptors (Lipinski definition) is 6. The quantitative estimate of drug-likeness (QED) is 0.566. The molecule has 2 aromatic heterocycles. The van der Waals surface area contributed by atoms with Crippen LogP contribution in [-0.2, 0) is 11.2 Å². The van der Waals surface area contributed by atoms with Crippen LogP contribution < -0.4 is 20.9 Å². The summed E-state index contributed by atoms with van der Waals surface area (Å²) in [7, 11) is 0. The number of aromatic amines is 1. The van der Waals surface area contributed by atoms with E-state index in [0.29, 0.717) is 28.9 Å². The molecule has 1 aromatic carbocycles. The van der Waals surface area contributed by atoms with Gasteiger partial charge in [0.15, 0.2) is 5.13 Å². The van der Waals surface area contributed by atoms with E-state index in [9.17, 15) is 14.4 Å². The Balaban J connectivity index is 1.62. The van der Waals surface area contributed by atoms with E-state index in [1.54, 1.807) is 29.6 Å². The standard InChI is InChI=1S/C19H18N4O4S/c1-2-27-15-8-4-3-7-14(15)22-16(24)10-12-11-28-19(21-12)23-18(26)13-6-5-9-20-17(13)25/h3-9,11H,2,10H2,1H3,(H,20,25)(H,22,24)(H,21,23,26). The van der Waals surface area contributed by atoms with Crippen LogP contribution in [0.15, 0.2) is 52.8 Å². The van der Waals surface area contributed by atoms with Crippen molar-refractivity contribution in [1.29, 1.82) is 0 Å². The van der Waals surface area contributed by atoms with Crippen LogP contribution in [0.3, 0.4) is 0 Å². The van der Waals surface area contributed by atoms with Gasteiger partial charge in [-0.25, -0.2) is 4.98 Å². The van der Waals surface area contributed by atoms with Crippen molar-refractivity contribution < 1.29 is 14.3 Å². The van der Waals surface area contributed by atoms with Gasteiger partial charge in [-0.1, -0.05) is 12.1 Å². The minimum absolute atomic E-state index is 0.00970. The molecule has 8 nitrogen and oxygen atoms in total. The topological polar surface area (TPSA) is 113 Å². The molecule has 0 saturated carbocycles. The molecule has 2 amide bonds. The Labute approximate surface area is 164 Å². The van der Waals surface area contributed by atoms with E-state index in [4.69, 9.17) is 4.74 Å². The molecule has 3 N–H and O–H groups in total. The second kappa shape index (κ2) is 8.96. The molecule has 0 unspecified atom stereocenters. The van der Waals surface area contributed by atoms with Crippen molar-refractivity contribution in [3.05, 3.63) is 69.6 Å². The zero-order valence-corrected chi connectivity index (χ0v) is 15.8. The number of para-hydroxylation sites is 2. The Morgan fingerprint density at radius 3 is 2.79 bits per heavy atom. The Morgan fingerprint density at radius 1 is 1.18 bits per heavy atom. The average Bonchev–Trinajstić information content (AvgIpc) is 3.10. The van der Waals surface area contributed by atoms with E-state index in [2.05, 4.69) is 20.6 Å². The highest BCUT2D eigenvalue weighted by atomic mass is 32.1. The highest BCUT2D eigenvalue weighted by molar-refractivity contribution is 7.14. The van der Waals surface area contributed by atoms with Crippen LogP contribution in [-0.4, -0.2) is 28.4 Å². The lowest BCUT2D eigenvalue weighted by Gasteiger charge is -2.10. The number of carbonyl (C=O) groups excluding carboxylic acids is 2. The number of nitrogens with zero attached hydrogens (tertiary/aromatic N) is 1. The lowest BCUT2D eigenvalue weighted by atomic mass is 10.2. The molecule has 0 aliphatic carbocycles. The first-order valence-corrected chi connectivity index (χ1v) is 9.40. The maximum atomic E-state index is 12.3. The van der Waals surface area contributed by atoms with Crippen molar-refractivity contribution in [3.63, 3.8) is 0 Å². The van der Waals surface area contributed by atoms with Crippen LogP contribution in [0.25, 0.3) is 0 Å². The van der Waals surface area contributed by atoms with Crippen LogP contribution in [0.5, 0.6) is 5.75 Å². The molecule has 0 fully saturated rings. The molecule has 0 aliphatic rings. The first-order chi connectivity index (χ1) is 13.6. The number of aromatic nitrogens is 2. The summed E-state index contributed by atoms with van der Waals surface area (Å²) in [6.45, 7) is 2.36. The molecule has 0 bridgehead atoms. The Bertz CT molecular complexity index is 1040.